The van der Waals surface area contributed by atoms with Gasteiger partial charge in [0.15, 0.2) is 5.78 Å². The maximum absolute atomic E-state index is 13.3. The zero-order valence-corrected chi connectivity index (χ0v) is 25.9. The van der Waals surface area contributed by atoms with E-state index in [-0.39, 0.29) is 47.3 Å². The minimum absolute atomic E-state index is 0.00239. The average molecular weight is 547 g/mol. The Kier molecular flexibility index (Phi) is 13.7. The zero-order chi connectivity index (χ0) is 29.8. The van der Waals surface area contributed by atoms with E-state index in [0.29, 0.717) is 25.7 Å². The predicted molar refractivity (Wildman–Crippen MR) is 164 cm³/mol. The van der Waals surface area contributed by atoms with Crippen molar-refractivity contribution in [2.45, 2.75) is 113 Å². The van der Waals surface area contributed by atoms with Gasteiger partial charge in [0.2, 0.25) is 0 Å². The second-order valence-electron chi connectivity index (χ2n) is 11.8. The third-order valence-electron chi connectivity index (χ3n) is 7.91. The maximum atomic E-state index is 13.3. The first kappa shape index (κ1) is 33.3. The quantitative estimate of drug-likeness (QED) is 0.237. The highest BCUT2D eigenvalue weighted by Crippen LogP contribution is 2.37. The zero-order valence-electron chi connectivity index (χ0n) is 25.9. The van der Waals surface area contributed by atoms with Crippen LogP contribution in [0.25, 0.3) is 0 Å². The van der Waals surface area contributed by atoms with Crippen LogP contribution in [0.3, 0.4) is 0 Å². The number of hydrogen-bond donors (Lipinski definition) is 0. The van der Waals surface area contributed by atoms with Crippen LogP contribution in [0.4, 0.5) is 0 Å². The molecule has 1 aliphatic rings. The molecule has 0 radical (unpaired) electrons. The first-order chi connectivity index (χ1) is 19.0. The van der Waals surface area contributed by atoms with Crippen LogP contribution in [0.5, 0.6) is 0 Å². The molecule has 0 fully saturated rings. The molecule has 0 N–H and O–H groups in total. The molecule has 0 saturated carbocycles. The highest BCUT2D eigenvalue weighted by Gasteiger charge is 2.34. The van der Waals surface area contributed by atoms with Crippen molar-refractivity contribution in [3.63, 3.8) is 0 Å². The van der Waals surface area contributed by atoms with Crippen LogP contribution < -0.4 is 0 Å². The molecule has 1 aliphatic carbocycles. The Labute approximate surface area is 242 Å². The third-order valence-corrected chi connectivity index (χ3v) is 7.91. The number of Topliss-reactive ketones (excluding diaryl/α,β-unsaturated/α-hetero) is 4. The van der Waals surface area contributed by atoms with Gasteiger partial charge >= 0.3 is 0 Å². The summed E-state index contributed by atoms with van der Waals surface area (Å²) in [6, 6.07) is 12.0. The standard InChI is InChI=1S/C33H42O4.C3H8/c1-6-8-26(29(7-2)31(36)15-23(5)34)16-25-18-30-27(14-11-22(4)33(30)32(37)19-25)20-28(35)17-24-12-9-21(3)10-13-24;1-3-2/h9-14,25-26,29H,6-8,15-20H2,1-5H3;3H2,1-2H3. The number of carbonyl (C=O) groups is 4. The number of rotatable bonds is 13. The predicted octanol–water partition coefficient (Wildman–Crippen LogP) is 8.20. The summed E-state index contributed by atoms with van der Waals surface area (Å²) in [6.45, 7) is 13.9. The van der Waals surface area contributed by atoms with Crippen LogP contribution in [-0.4, -0.2) is 23.1 Å². The highest BCUT2D eigenvalue weighted by molar-refractivity contribution is 6.01. The molecule has 4 heteroatoms. The molecule has 2 aromatic rings. The summed E-state index contributed by atoms with van der Waals surface area (Å²) in [5, 5.41) is 0. The SMILES string of the molecule is CCC.CCCC(CC1CC(=O)c2c(C)ccc(CC(=O)Cc3ccc(C)cc3)c2C1)C(CC)C(=O)CC(C)=O. The molecule has 0 aliphatic heterocycles. The lowest BCUT2D eigenvalue weighted by Crippen LogP contribution is -2.30. The van der Waals surface area contributed by atoms with Gasteiger partial charge in [0.25, 0.3) is 0 Å². The van der Waals surface area contributed by atoms with Crippen molar-refractivity contribution >= 4 is 23.1 Å². The van der Waals surface area contributed by atoms with Gasteiger partial charge in [0, 0.05) is 30.7 Å². The third kappa shape index (κ3) is 9.64. The largest absolute Gasteiger partial charge is 0.300 e. The number of benzene rings is 2. The van der Waals surface area contributed by atoms with E-state index in [9.17, 15) is 19.2 Å². The first-order valence-corrected chi connectivity index (χ1v) is 15.3. The van der Waals surface area contributed by atoms with Crippen molar-refractivity contribution in [3.8, 4) is 0 Å². The van der Waals surface area contributed by atoms with Gasteiger partial charge in [0.05, 0.1) is 6.42 Å². The fraction of sp³-hybridized carbons (Fsp3) is 0.556. The van der Waals surface area contributed by atoms with E-state index in [0.717, 1.165) is 53.5 Å². The van der Waals surface area contributed by atoms with Gasteiger partial charge in [-0.25, -0.2) is 0 Å². The Hall–Kier alpha value is -2.88. The van der Waals surface area contributed by atoms with E-state index in [4.69, 9.17) is 0 Å². The van der Waals surface area contributed by atoms with Crippen LogP contribution in [-0.2, 0) is 33.6 Å². The Bertz CT molecular complexity index is 1160. The summed E-state index contributed by atoms with van der Waals surface area (Å²) in [7, 11) is 0. The summed E-state index contributed by atoms with van der Waals surface area (Å²) in [4.78, 5) is 50.8. The Morgan fingerprint density at radius 1 is 0.900 bits per heavy atom. The molecule has 0 heterocycles. The molecule has 40 heavy (non-hydrogen) atoms. The van der Waals surface area contributed by atoms with Crippen LogP contribution in [0, 0.1) is 31.6 Å². The smallest absolute Gasteiger partial charge is 0.163 e. The molecule has 0 saturated heterocycles. The molecule has 0 bridgehead atoms. The van der Waals surface area contributed by atoms with Crippen molar-refractivity contribution < 1.29 is 19.2 Å². The van der Waals surface area contributed by atoms with Crippen molar-refractivity contribution in [1.29, 1.82) is 0 Å². The Morgan fingerprint density at radius 3 is 2.12 bits per heavy atom. The number of ketones is 4. The first-order valence-electron chi connectivity index (χ1n) is 15.3. The minimum Gasteiger partial charge on any atom is -0.300 e. The summed E-state index contributed by atoms with van der Waals surface area (Å²) in [5.41, 5.74) is 5.93. The van der Waals surface area contributed by atoms with Crippen molar-refractivity contribution in [2.24, 2.45) is 17.8 Å². The number of hydrogen-bond acceptors (Lipinski definition) is 4. The fourth-order valence-electron chi connectivity index (χ4n) is 6.18. The van der Waals surface area contributed by atoms with Gasteiger partial charge in [-0.15, -0.1) is 0 Å². The molecular formula is C36H50O4. The lowest BCUT2D eigenvalue weighted by atomic mass is 9.71. The molecule has 218 valence electrons. The number of fused-ring (bicyclic) bond motifs is 1. The van der Waals surface area contributed by atoms with E-state index in [2.05, 4.69) is 20.8 Å². The van der Waals surface area contributed by atoms with Crippen molar-refractivity contribution in [2.75, 3.05) is 0 Å². The molecule has 3 unspecified atom stereocenters. The maximum Gasteiger partial charge on any atom is 0.163 e. The molecule has 4 nitrogen and oxygen atoms in total. The van der Waals surface area contributed by atoms with Gasteiger partial charge < -0.3 is 0 Å². The summed E-state index contributed by atoms with van der Waals surface area (Å²) in [6.07, 6.45) is 6.58. The second-order valence-corrected chi connectivity index (χ2v) is 11.8. The van der Waals surface area contributed by atoms with Gasteiger partial charge in [0.1, 0.15) is 17.3 Å². The van der Waals surface area contributed by atoms with Gasteiger partial charge in [-0.1, -0.05) is 88.9 Å². The lowest BCUT2D eigenvalue weighted by Gasteiger charge is -2.32. The van der Waals surface area contributed by atoms with Crippen LogP contribution >= 0.6 is 0 Å². The summed E-state index contributed by atoms with van der Waals surface area (Å²) < 4.78 is 0. The monoisotopic (exact) mass is 546 g/mol. The Morgan fingerprint density at radius 2 is 1.55 bits per heavy atom. The minimum atomic E-state index is -0.145. The highest BCUT2D eigenvalue weighted by atomic mass is 16.1. The summed E-state index contributed by atoms with van der Waals surface area (Å²) >= 11 is 0. The van der Waals surface area contributed by atoms with E-state index < -0.39 is 0 Å². The average Bonchev–Trinajstić information content (AvgIpc) is 2.87. The molecule has 0 spiro atoms. The van der Waals surface area contributed by atoms with E-state index in [1.54, 1.807) is 0 Å². The van der Waals surface area contributed by atoms with Crippen LogP contribution in [0.15, 0.2) is 36.4 Å². The van der Waals surface area contributed by atoms with E-state index in [1.807, 2.05) is 57.2 Å². The van der Waals surface area contributed by atoms with Gasteiger partial charge in [-0.05, 0) is 74.1 Å². The second kappa shape index (κ2) is 16.4. The normalized spacial score (nSPS) is 15.9. The molecular weight excluding hydrogens is 496 g/mol. The van der Waals surface area contributed by atoms with E-state index >= 15 is 0 Å². The molecule has 2 aromatic carbocycles. The van der Waals surface area contributed by atoms with Crippen LogP contribution in [0.2, 0.25) is 0 Å². The lowest BCUT2D eigenvalue weighted by molar-refractivity contribution is -0.130. The Balaban J connectivity index is 0.00000178. The molecule has 0 amide bonds. The molecule has 3 rings (SSSR count). The fourth-order valence-corrected chi connectivity index (χ4v) is 6.18. The van der Waals surface area contributed by atoms with E-state index in [1.165, 1.54) is 18.9 Å². The molecule has 3 atom stereocenters. The number of aryl methyl sites for hydroxylation is 2. The van der Waals surface area contributed by atoms with Crippen LogP contribution in [0.1, 0.15) is 118 Å². The van der Waals surface area contributed by atoms with Gasteiger partial charge in [-0.3, -0.25) is 19.2 Å². The topological polar surface area (TPSA) is 68.3 Å². The van der Waals surface area contributed by atoms with Crippen molar-refractivity contribution in [1.82, 2.24) is 0 Å². The van der Waals surface area contributed by atoms with Crippen molar-refractivity contribution in [3.05, 3.63) is 69.8 Å². The number of carbonyl (C=O) groups excluding carboxylic acids is 4. The summed E-state index contributed by atoms with van der Waals surface area (Å²) in [5.74, 6) is 0.406. The van der Waals surface area contributed by atoms with Gasteiger partial charge in [-0.2, -0.15) is 0 Å². The molecule has 0 aromatic heterocycles.